The van der Waals surface area contributed by atoms with Crippen LogP contribution in [0.25, 0.3) is 0 Å². The molecule has 0 radical (unpaired) electrons. The number of hydrogen-bond acceptors (Lipinski definition) is 2. The van der Waals surface area contributed by atoms with Gasteiger partial charge in [-0.3, -0.25) is 9.59 Å². The van der Waals surface area contributed by atoms with Gasteiger partial charge in [0.2, 0.25) is 0 Å². The zero-order valence-corrected chi connectivity index (χ0v) is 14.7. The summed E-state index contributed by atoms with van der Waals surface area (Å²) in [5.41, 5.74) is 6.70. The summed E-state index contributed by atoms with van der Waals surface area (Å²) in [4.78, 5) is 18.0. The summed E-state index contributed by atoms with van der Waals surface area (Å²) >= 11 is 0. The first kappa shape index (κ1) is 18.7. The Hall–Kier alpha value is -2.62. The van der Waals surface area contributed by atoms with Gasteiger partial charge in [-0.15, -0.1) is 0 Å². The molecule has 0 unspecified atom stereocenters. The average molecular weight is 340 g/mol. The van der Waals surface area contributed by atoms with Crippen molar-refractivity contribution in [3.05, 3.63) is 70.8 Å². The van der Waals surface area contributed by atoms with E-state index in [9.17, 15) is 0 Å². The Kier molecular flexibility index (Phi) is 5.97. The van der Waals surface area contributed by atoms with Gasteiger partial charge in [0.25, 0.3) is 11.9 Å². The van der Waals surface area contributed by atoms with Crippen LogP contribution in [0.4, 0.5) is 0 Å². The van der Waals surface area contributed by atoms with Gasteiger partial charge in [-0.05, 0) is 47.9 Å². The molecule has 0 heterocycles. The Morgan fingerprint density at radius 3 is 1.44 bits per heavy atom. The number of aliphatic carboxylic acids is 2. The van der Waals surface area contributed by atoms with E-state index in [1.54, 1.807) is 22.3 Å². The predicted octanol–water partition coefficient (Wildman–Crippen LogP) is 4.05. The van der Waals surface area contributed by atoms with Gasteiger partial charge >= 0.3 is 0 Å². The third-order valence-electron chi connectivity index (χ3n) is 4.71. The van der Waals surface area contributed by atoms with E-state index in [0.717, 1.165) is 13.8 Å². The van der Waals surface area contributed by atoms with Crippen molar-refractivity contribution in [2.75, 3.05) is 0 Å². The van der Waals surface area contributed by atoms with E-state index in [0.29, 0.717) is 5.41 Å². The maximum absolute atomic E-state index is 9.00. The van der Waals surface area contributed by atoms with Crippen molar-refractivity contribution in [3.63, 3.8) is 0 Å². The minimum absolute atomic E-state index is 0.354. The van der Waals surface area contributed by atoms with E-state index in [1.807, 2.05) is 0 Å². The molecule has 2 aromatic carbocycles. The molecule has 25 heavy (non-hydrogen) atoms. The quantitative estimate of drug-likeness (QED) is 0.759. The lowest BCUT2D eigenvalue weighted by Crippen LogP contribution is -2.20. The van der Waals surface area contributed by atoms with Crippen LogP contribution in [0.2, 0.25) is 0 Å². The summed E-state index contributed by atoms with van der Waals surface area (Å²) in [5.74, 6) is -1.67. The third-order valence-corrected chi connectivity index (χ3v) is 4.71. The molecule has 2 aliphatic carbocycles. The van der Waals surface area contributed by atoms with Crippen molar-refractivity contribution in [1.29, 1.82) is 0 Å². The molecule has 0 saturated heterocycles. The summed E-state index contributed by atoms with van der Waals surface area (Å²) in [6, 6.07) is 18.1. The van der Waals surface area contributed by atoms with Crippen LogP contribution >= 0.6 is 0 Å². The number of carboxylic acid groups (broad SMARTS) is 2. The van der Waals surface area contributed by atoms with Gasteiger partial charge in [-0.1, -0.05) is 48.5 Å². The molecule has 1 spiro atoms. The molecule has 4 nitrogen and oxygen atoms in total. The van der Waals surface area contributed by atoms with Gasteiger partial charge in [0.15, 0.2) is 0 Å². The van der Waals surface area contributed by atoms with Gasteiger partial charge in [0.1, 0.15) is 0 Å². The molecular weight excluding hydrogens is 316 g/mol. The highest BCUT2D eigenvalue weighted by Crippen LogP contribution is 2.51. The Labute approximate surface area is 148 Å². The zero-order chi connectivity index (χ0) is 18.4. The van der Waals surface area contributed by atoms with Crippen LogP contribution < -0.4 is 0 Å². The first-order valence-corrected chi connectivity index (χ1v) is 8.42. The van der Waals surface area contributed by atoms with Gasteiger partial charge in [0, 0.05) is 19.3 Å². The Morgan fingerprint density at radius 1 is 0.760 bits per heavy atom. The highest BCUT2D eigenvalue weighted by molar-refractivity contribution is 5.63. The summed E-state index contributed by atoms with van der Waals surface area (Å²) in [6.07, 6.45) is 5.13. The van der Waals surface area contributed by atoms with Crippen LogP contribution in [0.15, 0.2) is 48.5 Å². The fourth-order valence-electron chi connectivity index (χ4n) is 3.92. The lowest BCUT2D eigenvalue weighted by molar-refractivity contribution is -0.135. The maximum atomic E-state index is 9.00. The number of benzene rings is 2. The van der Waals surface area contributed by atoms with E-state index in [4.69, 9.17) is 19.8 Å². The van der Waals surface area contributed by atoms with Gasteiger partial charge in [0.05, 0.1) is 0 Å². The molecule has 4 heteroatoms. The fourth-order valence-corrected chi connectivity index (χ4v) is 3.92. The number of rotatable bonds is 0. The SMILES string of the molecule is CC(=O)O.CC(=O)O.c1ccc2c(c1)CCC21CCc2ccccc21. The number of carbonyl (C=O) groups is 2. The summed E-state index contributed by atoms with van der Waals surface area (Å²) < 4.78 is 0. The van der Waals surface area contributed by atoms with E-state index in [-0.39, 0.29) is 0 Å². The van der Waals surface area contributed by atoms with Crippen molar-refractivity contribution in [2.45, 2.75) is 44.9 Å². The summed E-state index contributed by atoms with van der Waals surface area (Å²) in [7, 11) is 0. The van der Waals surface area contributed by atoms with Crippen LogP contribution in [-0.2, 0) is 27.8 Å². The second-order valence-electron chi connectivity index (χ2n) is 6.43. The molecule has 0 amide bonds. The zero-order valence-electron chi connectivity index (χ0n) is 14.7. The monoisotopic (exact) mass is 340 g/mol. The highest BCUT2D eigenvalue weighted by Gasteiger charge is 2.43. The van der Waals surface area contributed by atoms with Crippen LogP contribution in [0.3, 0.4) is 0 Å². The van der Waals surface area contributed by atoms with Crippen LogP contribution in [0.5, 0.6) is 0 Å². The second-order valence-corrected chi connectivity index (χ2v) is 6.43. The second kappa shape index (κ2) is 7.97. The van der Waals surface area contributed by atoms with Gasteiger partial charge < -0.3 is 10.2 Å². The van der Waals surface area contributed by atoms with Crippen LogP contribution in [-0.4, -0.2) is 22.2 Å². The molecule has 2 aromatic rings. The molecule has 2 aliphatic rings. The molecule has 132 valence electrons. The molecule has 0 fully saturated rings. The molecule has 0 aromatic heterocycles. The number of hydrogen-bond donors (Lipinski definition) is 2. The third kappa shape index (κ3) is 4.27. The average Bonchev–Trinajstić information content (AvgIpc) is 3.11. The highest BCUT2D eigenvalue weighted by atomic mass is 16.4. The van der Waals surface area contributed by atoms with Crippen LogP contribution in [0.1, 0.15) is 48.9 Å². The number of carboxylic acids is 2. The smallest absolute Gasteiger partial charge is 0.300 e. The Balaban J connectivity index is 0.000000241. The summed E-state index contributed by atoms with van der Waals surface area (Å²) in [5, 5.41) is 14.8. The number of fused-ring (bicyclic) bond motifs is 4. The van der Waals surface area contributed by atoms with E-state index in [2.05, 4.69) is 48.5 Å². The normalized spacial score (nSPS) is 15.1. The molecule has 0 aliphatic heterocycles. The Morgan fingerprint density at radius 2 is 1.08 bits per heavy atom. The minimum atomic E-state index is -0.833. The largest absolute Gasteiger partial charge is 0.481 e. The standard InChI is InChI=1S/C17H16.2C2H4O2/c1-3-7-15-13(5-1)9-11-17(15)12-10-14-6-2-4-8-16(14)17;2*1-2(3)4/h1-8H,9-12H2;2*1H3,(H,3,4). The molecule has 0 atom stereocenters. The Bertz CT molecular complexity index is 690. The molecule has 2 N–H and O–H groups in total. The van der Waals surface area contributed by atoms with Gasteiger partial charge in [-0.25, -0.2) is 0 Å². The lowest BCUT2D eigenvalue weighted by atomic mass is 9.77. The van der Waals surface area contributed by atoms with Gasteiger partial charge in [-0.2, -0.15) is 0 Å². The van der Waals surface area contributed by atoms with E-state index < -0.39 is 11.9 Å². The lowest BCUT2D eigenvalue weighted by Gasteiger charge is -2.26. The first-order valence-electron chi connectivity index (χ1n) is 8.42. The topological polar surface area (TPSA) is 74.6 Å². The van der Waals surface area contributed by atoms with Crippen molar-refractivity contribution in [2.24, 2.45) is 0 Å². The van der Waals surface area contributed by atoms with E-state index in [1.165, 1.54) is 25.7 Å². The number of aryl methyl sites for hydroxylation is 2. The van der Waals surface area contributed by atoms with E-state index >= 15 is 0 Å². The van der Waals surface area contributed by atoms with Crippen molar-refractivity contribution < 1.29 is 19.8 Å². The molecule has 4 rings (SSSR count). The van der Waals surface area contributed by atoms with Crippen LogP contribution in [0, 0.1) is 0 Å². The maximum Gasteiger partial charge on any atom is 0.300 e. The molecular formula is C21H24O4. The van der Waals surface area contributed by atoms with Crippen molar-refractivity contribution in [1.82, 2.24) is 0 Å². The molecule has 0 bridgehead atoms. The molecule has 0 saturated carbocycles. The fraction of sp³-hybridized carbons (Fsp3) is 0.333. The minimum Gasteiger partial charge on any atom is -0.481 e. The van der Waals surface area contributed by atoms with Crippen molar-refractivity contribution in [3.8, 4) is 0 Å². The predicted molar refractivity (Wildman–Crippen MR) is 96.9 cm³/mol. The summed E-state index contributed by atoms with van der Waals surface area (Å²) in [6.45, 7) is 2.17. The van der Waals surface area contributed by atoms with Crippen molar-refractivity contribution >= 4 is 11.9 Å². The first-order chi connectivity index (χ1) is 11.9.